The maximum absolute atomic E-state index is 12.3. The van der Waals surface area contributed by atoms with Gasteiger partial charge in [-0.05, 0) is 36.2 Å². The van der Waals surface area contributed by atoms with Crippen molar-refractivity contribution in [3.05, 3.63) is 58.6 Å². The molecule has 0 fully saturated rings. The van der Waals surface area contributed by atoms with Crippen LogP contribution >= 0.6 is 23.4 Å². The van der Waals surface area contributed by atoms with Crippen LogP contribution < -0.4 is 14.4 Å². The van der Waals surface area contributed by atoms with Crippen LogP contribution in [0.5, 0.6) is 5.75 Å². The van der Waals surface area contributed by atoms with Crippen molar-refractivity contribution in [2.24, 2.45) is 0 Å². The van der Waals surface area contributed by atoms with Gasteiger partial charge in [-0.2, -0.15) is 11.8 Å². The zero-order valence-electron chi connectivity index (χ0n) is 16.6. The van der Waals surface area contributed by atoms with Crippen molar-refractivity contribution in [3.63, 3.8) is 0 Å². The highest BCUT2D eigenvalue weighted by Crippen LogP contribution is 2.32. The van der Waals surface area contributed by atoms with Crippen molar-refractivity contribution < 1.29 is 17.9 Å². The average molecular weight is 457 g/mol. The number of hydrogen-bond acceptors (Lipinski definition) is 5. The van der Waals surface area contributed by atoms with E-state index >= 15 is 0 Å². The van der Waals surface area contributed by atoms with E-state index in [1.807, 2.05) is 12.1 Å². The summed E-state index contributed by atoms with van der Waals surface area (Å²) in [5.41, 5.74) is 2.73. The molecule has 0 atom stereocenters. The highest BCUT2D eigenvalue weighted by molar-refractivity contribution is 7.98. The number of nitrogens with zero attached hydrogens (tertiary/aromatic N) is 1. The highest BCUT2D eigenvalue weighted by atomic mass is 35.5. The van der Waals surface area contributed by atoms with Crippen LogP contribution in [0.25, 0.3) is 0 Å². The minimum absolute atomic E-state index is 0.228. The van der Waals surface area contributed by atoms with Crippen molar-refractivity contribution in [2.45, 2.75) is 12.7 Å². The number of anilines is 1. The second-order valence-electron chi connectivity index (χ2n) is 6.41. The number of amides is 1. The summed E-state index contributed by atoms with van der Waals surface area (Å²) in [5, 5.41) is 3.12. The highest BCUT2D eigenvalue weighted by Gasteiger charge is 2.24. The number of halogens is 1. The Kier molecular flexibility index (Phi) is 8.67. The van der Waals surface area contributed by atoms with E-state index in [-0.39, 0.29) is 12.2 Å². The quantitative estimate of drug-likeness (QED) is 0.554. The Morgan fingerprint density at radius 1 is 1.24 bits per heavy atom. The minimum atomic E-state index is -3.71. The van der Waals surface area contributed by atoms with Gasteiger partial charge < -0.3 is 10.1 Å². The SMILES string of the molecule is COc1ccc(Cl)cc1N(CC(=O)NCCSCc1ccccc1C)S(C)(=O)=O. The van der Waals surface area contributed by atoms with Crippen LogP contribution in [-0.2, 0) is 20.6 Å². The third-order valence-corrected chi connectivity index (χ3v) is 6.55. The number of thioether (sulfide) groups is 1. The Labute approximate surface area is 181 Å². The van der Waals surface area contributed by atoms with Gasteiger partial charge >= 0.3 is 0 Å². The lowest BCUT2D eigenvalue weighted by Crippen LogP contribution is -2.41. The normalized spacial score (nSPS) is 11.2. The Morgan fingerprint density at radius 3 is 2.62 bits per heavy atom. The van der Waals surface area contributed by atoms with Crippen molar-refractivity contribution in [1.82, 2.24) is 5.32 Å². The topological polar surface area (TPSA) is 75.7 Å². The Balaban J connectivity index is 1.92. The summed E-state index contributed by atoms with van der Waals surface area (Å²) in [5.74, 6) is 1.51. The second-order valence-corrected chi connectivity index (χ2v) is 9.86. The van der Waals surface area contributed by atoms with Gasteiger partial charge in [-0.25, -0.2) is 8.42 Å². The minimum Gasteiger partial charge on any atom is -0.495 e. The first kappa shape index (κ1) is 23.4. The van der Waals surface area contributed by atoms with Crippen molar-refractivity contribution in [3.8, 4) is 5.75 Å². The van der Waals surface area contributed by atoms with E-state index in [9.17, 15) is 13.2 Å². The number of methoxy groups -OCH3 is 1. The fourth-order valence-corrected chi connectivity index (χ4v) is 4.59. The monoisotopic (exact) mass is 456 g/mol. The van der Waals surface area contributed by atoms with E-state index in [0.717, 1.165) is 22.1 Å². The average Bonchev–Trinajstić information content (AvgIpc) is 2.66. The molecule has 0 spiro atoms. The third-order valence-electron chi connectivity index (χ3n) is 4.18. The molecule has 0 aromatic heterocycles. The van der Waals surface area contributed by atoms with Gasteiger partial charge in [0.15, 0.2) is 0 Å². The molecule has 1 amide bonds. The largest absolute Gasteiger partial charge is 0.495 e. The number of rotatable bonds is 10. The molecule has 0 heterocycles. The summed E-state index contributed by atoms with van der Waals surface area (Å²) in [6, 6.07) is 12.8. The third kappa shape index (κ3) is 7.13. The number of carbonyl (C=O) groups is 1. The van der Waals surface area contributed by atoms with Crippen LogP contribution in [0.15, 0.2) is 42.5 Å². The fourth-order valence-electron chi connectivity index (χ4n) is 2.64. The first-order valence-corrected chi connectivity index (χ1v) is 12.3. The molecular formula is C20H25ClN2O4S2. The number of sulfonamides is 1. The molecule has 6 nitrogen and oxygen atoms in total. The predicted octanol–water partition coefficient (Wildman–Crippen LogP) is 3.47. The Bertz CT molecular complexity index is 951. The second kappa shape index (κ2) is 10.8. The fraction of sp³-hybridized carbons (Fsp3) is 0.350. The number of ether oxygens (including phenoxy) is 1. The van der Waals surface area contributed by atoms with Crippen molar-refractivity contribution >= 4 is 45.0 Å². The molecule has 1 N–H and O–H groups in total. The van der Waals surface area contributed by atoms with Crippen LogP contribution in [-0.4, -0.2) is 46.5 Å². The number of hydrogen-bond donors (Lipinski definition) is 1. The van der Waals surface area contributed by atoms with E-state index in [0.29, 0.717) is 17.3 Å². The lowest BCUT2D eigenvalue weighted by atomic mass is 10.1. The van der Waals surface area contributed by atoms with E-state index in [1.54, 1.807) is 23.9 Å². The molecule has 0 aliphatic rings. The molecule has 2 rings (SSSR count). The number of carbonyl (C=O) groups excluding carboxylic acids is 1. The van der Waals surface area contributed by atoms with E-state index in [4.69, 9.17) is 16.3 Å². The number of nitrogens with one attached hydrogen (secondary N) is 1. The molecule has 158 valence electrons. The molecule has 0 saturated heterocycles. The summed E-state index contributed by atoms with van der Waals surface area (Å²) in [6.45, 7) is 2.17. The Hall–Kier alpha value is -1.90. The van der Waals surface area contributed by atoms with E-state index < -0.39 is 15.9 Å². The molecule has 9 heteroatoms. The van der Waals surface area contributed by atoms with Crippen molar-refractivity contribution in [2.75, 3.05) is 36.5 Å². The summed E-state index contributed by atoms with van der Waals surface area (Å²) >= 11 is 7.71. The van der Waals surface area contributed by atoms with Gasteiger partial charge in [-0.3, -0.25) is 9.10 Å². The molecule has 2 aromatic rings. The van der Waals surface area contributed by atoms with Crippen LogP contribution in [0, 0.1) is 6.92 Å². The molecule has 0 aliphatic carbocycles. The predicted molar refractivity (Wildman–Crippen MR) is 121 cm³/mol. The zero-order valence-corrected chi connectivity index (χ0v) is 19.0. The number of benzene rings is 2. The molecule has 0 bridgehead atoms. The molecular weight excluding hydrogens is 432 g/mol. The Morgan fingerprint density at radius 2 is 1.97 bits per heavy atom. The van der Waals surface area contributed by atoms with Gasteiger partial charge in [-0.15, -0.1) is 0 Å². The van der Waals surface area contributed by atoms with Crippen LogP contribution in [0.2, 0.25) is 5.02 Å². The zero-order chi connectivity index (χ0) is 21.4. The summed E-state index contributed by atoms with van der Waals surface area (Å²) < 4.78 is 30.7. The summed E-state index contributed by atoms with van der Waals surface area (Å²) in [7, 11) is -2.28. The van der Waals surface area contributed by atoms with Gasteiger partial charge in [0.25, 0.3) is 0 Å². The first-order chi connectivity index (χ1) is 13.7. The maximum Gasteiger partial charge on any atom is 0.240 e. The molecule has 0 saturated carbocycles. The lowest BCUT2D eigenvalue weighted by Gasteiger charge is -2.24. The molecule has 0 radical (unpaired) electrons. The molecule has 29 heavy (non-hydrogen) atoms. The standard InChI is InChI=1S/C20H25ClN2O4S2/c1-15-6-4-5-7-16(15)14-28-11-10-22-20(24)13-23(29(3,25)26)18-12-17(21)8-9-19(18)27-2/h4-9,12H,10-11,13-14H2,1-3H3,(H,22,24). The van der Waals surface area contributed by atoms with E-state index in [1.165, 1.54) is 24.3 Å². The van der Waals surface area contributed by atoms with Gasteiger partial charge in [-0.1, -0.05) is 35.9 Å². The molecule has 0 aliphatic heterocycles. The van der Waals surface area contributed by atoms with Crippen molar-refractivity contribution in [1.29, 1.82) is 0 Å². The van der Waals surface area contributed by atoms with Gasteiger partial charge in [0.1, 0.15) is 12.3 Å². The molecule has 0 unspecified atom stereocenters. The van der Waals surface area contributed by atoms with Crippen LogP contribution in [0.1, 0.15) is 11.1 Å². The van der Waals surface area contributed by atoms with E-state index in [2.05, 4.69) is 24.4 Å². The van der Waals surface area contributed by atoms with Gasteiger partial charge in [0.2, 0.25) is 15.9 Å². The summed E-state index contributed by atoms with van der Waals surface area (Å²) in [6.07, 6.45) is 1.04. The maximum atomic E-state index is 12.3. The van der Waals surface area contributed by atoms with Crippen LogP contribution in [0.3, 0.4) is 0 Å². The molecule has 2 aromatic carbocycles. The van der Waals surface area contributed by atoms with Gasteiger partial charge in [0.05, 0.1) is 19.1 Å². The lowest BCUT2D eigenvalue weighted by molar-refractivity contribution is -0.119. The summed E-state index contributed by atoms with van der Waals surface area (Å²) in [4.78, 5) is 12.3. The van der Waals surface area contributed by atoms with Gasteiger partial charge in [0, 0.05) is 23.1 Å². The van der Waals surface area contributed by atoms with Crippen LogP contribution in [0.4, 0.5) is 5.69 Å². The first-order valence-electron chi connectivity index (χ1n) is 8.92. The number of aryl methyl sites for hydroxylation is 1. The smallest absolute Gasteiger partial charge is 0.240 e.